The van der Waals surface area contributed by atoms with Gasteiger partial charge in [-0.1, -0.05) is 6.42 Å². The van der Waals surface area contributed by atoms with E-state index in [0.29, 0.717) is 5.95 Å². The molecule has 96 valence electrons. The normalized spacial score (nSPS) is 16.9. The molecule has 1 aliphatic heterocycles. The fourth-order valence-corrected chi connectivity index (χ4v) is 2.97. The van der Waals surface area contributed by atoms with Gasteiger partial charge in [0.15, 0.2) is 5.82 Å². The van der Waals surface area contributed by atoms with Gasteiger partial charge in [-0.15, -0.1) is 11.3 Å². The molecule has 0 amide bonds. The van der Waals surface area contributed by atoms with Crippen LogP contribution in [-0.2, 0) is 0 Å². The standard InChI is InChI=1S/C12H17N5S/c1-13-12-14-10(9-5-8-18-11(9)15-12)16-17-6-3-2-4-7-17/h5,8H,2-4,6-7H2,1H3,(H2,13,14,15,16). The predicted octanol–water partition coefficient (Wildman–Crippen LogP) is 2.55. The van der Waals surface area contributed by atoms with Gasteiger partial charge in [0.25, 0.3) is 0 Å². The summed E-state index contributed by atoms with van der Waals surface area (Å²) in [6.45, 7) is 2.18. The highest BCUT2D eigenvalue weighted by molar-refractivity contribution is 7.16. The third-order valence-corrected chi connectivity index (χ3v) is 3.98. The molecule has 0 bridgehead atoms. The number of aromatic nitrogens is 2. The molecule has 3 rings (SSSR count). The van der Waals surface area contributed by atoms with E-state index in [1.807, 2.05) is 7.05 Å². The molecular formula is C12H17N5S. The van der Waals surface area contributed by atoms with Crippen molar-refractivity contribution in [1.82, 2.24) is 15.0 Å². The molecule has 0 spiro atoms. The molecule has 0 atom stereocenters. The van der Waals surface area contributed by atoms with Crippen LogP contribution in [0, 0.1) is 0 Å². The molecule has 6 heteroatoms. The molecule has 1 saturated heterocycles. The molecular weight excluding hydrogens is 246 g/mol. The lowest BCUT2D eigenvalue weighted by atomic mass is 10.2. The minimum absolute atomic E-state index is 0.671. The molecule has 0 unspecified atom stereocenters. The summed E-state index contributed by atoms with van der Waals surface area (Å²) in [6, 6.07) is 2.08. The lowest BCUT2D eigenvalue weighted by Gasteiger charge is -2.27. The van der Waals surface area contributed by atoms with Gasteiger partial charge in [-0.05, 0) is 24.3 Å². The van der Waals surface area contributed by atoms with Crippen LogP contribution in [0.5, 0.6) is 0 Å². The number of piperidine rings is 1. The number of rotatable bonds is 3. The average Bonchev–Trinajstić information content (AvgIpc) is 2.88. The largest absolute Gasteiger partial charge is 0.357 e. The summed E-state index contributed by atoms with van der Waals surface area (Å²) in [7, 11) is 1.85. The highest BCUT2D eigenvalue weighted by atomic mass is 32.1. The van der Waals surface area contributed by atoms with Gasteiger partial charge < -0.3 is 10.7 Å². The Bertz CT molecular complexity index is 532. The summed E-state index contributed by atoms with van der Waals surface area (Å²) in [5, 5.41) is 8.42. The number of hydrogen-bond donors (Lipinski definition) is 2. The van der Waals surface area contributed by atoms with Crippen LogP contribution >= 0.6 is 11.3 Å². The maximum Gasteiger partial charge on any atom is 0.225 e. The summed E-state index contributed by atoms with van der Waals surface area (Å²) in [5.41, 5.74) is 3.43. The maximum absolute atomic E-state index is 4.52. The van der Waals surface area contributed by atoms with Crippen LogP contribution in [0.25, 0.3) is 10.2 Å². The van der Waals surface area contributed by atoms with Gasteiger partial charge in [0, 0.05) is 20.1 Å². The quantitative estimate of drug-likeness (QED) is 0.891. The van der Waals surface area contributed by atoms with Gasteiger partial charge in [-0.25, -0.2) is 9.99 Å². The number of fused-ring (bicyclic) bond motifs is 1. The summed E-state index contributed by atoms with van der Waals surface area (Å²) < 4.78 is 0. The monoisotopic (exact) mass is 263 g/mol. The minimum atomic E-state index is 0.671. The Labute approximate surface area is 110 Å². The second kappa shape index (κ2) is 5.07. The second-order valence-electron chi connectivity index (χ2n) is 4.44. The van der Waals surface area contributed by atoms with E-state index < -0.39 is 0 Å². The SMILES string of the molecule is CNc1nc(NN2CCCCC2)c2ccsc2n1. The number of nitrogens with zero attached hydrogens (tertiary/aromatic N) is 3. The van der Waals surface area contributed by atoms with E-state index in [9.17, 15) is 0 Å². The van der Waals surface area contributed by atoms with Crippen LogP contribution in [-0.4, -0.2) is 35.1 Å². The Hall–Kier alpha value is -1.40. The van der Waals surface area contributed by atoms with Crippen LogP contribution in [0.1, 0.15) is 19.3 Å². The summed E-state index contributed by atoms with van der Waals surface area (Å²) in [6.07, 6.45) is 3.84. The number of hydrogen-bond acceptors (Lipinski definition) is 6. The highest BCUT2D eigenvalue weighted by Crippen LogP contribution is 2.27. The Morgan fingerprint density at radius 1 is 1.22 bits per heavy atom. The van der Waals surface area contributed by atoms with Gasteiger partial charge in [-0.3, -0.25) is 0 Å². The number of nitrogens with one attached hydrogen (secondary N) is 2. The first-order valence-corrected chi connectivity index (χ1v) is 7.19. The zero-order valence-corrected chi connectivity index (χ0v) is 11.3. The van der Waals surface area contributed by atoms with Crippen LogP contribution in [0.3, 0.4) is 0 Å². The molecule has 18 heavy (non-hydrogen) atoms. The Morgan fingerprint density at radius 2 is 2.06 bits per heavy atom. The lowest BCUT2D eigenvalue weighted by Crippen LogP contribution is -2.35. The highest BCUT2D eigenvalue weighted by Gasteiger charge is 2.13. The first kappa shape index (κ1) is 11.7. The maximum atomic E-state index is 4.52. The molecule has 3 heterocycles. The number of hydrazine groups is 1. The van der Waals surface area contributed by atoms with Gasteiger partial charge in [0.05, 0.1) is 5.39 Å². The van der Waals surface area contributed by atoms with Gasteiger partial charge >= 0.3 is 0 Å². The molecule has 0 radical (unpaired) electrons. The number of anilines is 2. The zero-order valence-electron chi connectivity index (χ0n) is 10.4. The molecule has 2 N–H and O–H groups in total. The van der Waals surface area contributed by atoms with Crippen molar-refractivity contribution in [2.75, 3.05) is 30.9 Å². The van der Waals surface area contributed by atoms with E-state index in [0.717, 1.165) is 29.1 Å². The molecule has 5 nitrogen and oxygen atoms in total. The van der Waals surface area contributed by atoms with Crippen molar-refractivity contribution in [2.24, 2.45) is 0 Å². The van der Waals surface area contributed by atoms with Crippen molar-refractivity contribution < 1.29 is 0 Å². The fourth-order valence-electron chi connectivity index (χ4n) is 2.21. The van der Waals surface area contributed by atoms with Gasteiger partial charge in [0.2, 0.25) is 5.95 Å². The molecule has 1 aliphatic rings. The summed E-state index contributed by atoms with van der Waals surface area (Å²) in [5.74, 6) is 1.58. The van der Waals surface area contributed by atoms with Crippen molar-refractivity contribution in [2.45, 2.75) is 19.3 Å². The Balaban J connectivity index is 1.91. The van der Waals surface area contributed by atoms with Crippen LogP contribution in [0.15, 0.2) is 11.4 Å². The van der Waals surface area contributed by atoms with Gasteiger partial charge in [-0.2, -0.15) is 4.98 Å². The van der Waals surface area contributed by atoms with E-state index in [1.54, 1.807) is 11.3 Å². The van der Waals surface area contributed by atoms with Crippen LogP contribution < -0.4 is 10.7 Å². The predicted molar refractivity (Wildman–Crippen MR) is 76.0 cm³/mol. The van der Waals surface area contributed by atoms with Crippen molar-refractivity contribution in [3.8, 4) is 0 Å². The minimum Gasteiger partial charge on any atom is -0.357 e. The smallest absolute Gasteiger partial charge is 0.225 e. The van der Waals surface area contributed by atoms with E-state index in [4.69, 9.17) is 0 Å². The fraction of sp³-hybridized carbons (Fsp3) is 0.500. The van der Waals surface area contributed by atoms with Crippen LogP contribution in [0.4, 0.5) is 11.8 Å². The molecule has 2 aromatic rings. The first-order valence-electron chi connectivity index (χ1n) is 6.31. The van der Waals surface area contributed by atoms with Crippen molar-refractivity contribution >= 4 is 33.3 Å². The van der Waals surface area contributed by atoms with E-state index >= 15 is 0 Å². The van der Waals surface area contributed by atoms with E-state index in [1.165, 1.54) is 19.3 Å². The van der Waals surface area contributed by atoms with Crippen molar-refractivity contribution in [3.05, 3.63) is 11.4 Å². The van der Waals surface area contributed by atoms with Gasteiger partial charge in [0.1, 0.15) is 4.83 Å². The number of thiophene rings is 1. The average molecular weight is 263 g/mol. The third kappa shape index (κ3) is 2.26. The lowest BCUT2D eigenvalue weighted by molar-refractivity contribution is 0.272. The third-order valence-electron chi connectivity index (χ3n) is 3.17. The zero-order chi connectivity index (χ0) is 12.4. The second-order valence-corrected chi connectivity index (χ2v) is 5.34. The molecule has 1 fully saturated rings. The summed E-state index contributed by atoms with van der Waals surface area (Å²) >= 11 is 1.64. The molecule has 0 aliphatic carbocycles. The molecule has 2 aromatic heterocycles. The van der Waals surface area contributed by atoms with Crippen molar-refractivity contribution in [1.29, 1.82) is 0 Å². The molecule has 0 aromatic carbocycles. The summed E-state index contributed by atoms with van der Waals surface area (Å²) in [4.78, 5) is 9.98. The molecule has 0 saturated carbocycles. The van der Waals surface area contributed by atoms with E-state index in [-0.39, 0.29) is 0 Å². The Kier molecular flexibility index (Phi) is 3.29. The van der Waals surface area contributed by atoms with Crippen molar-refractivity contribution in [3.63, 3.8) is 0 Å². The Morgan fingerprint density at radius 3 is 2.83 bits per heavy atom. The van der Waals surface area contributed by atoms with E-state index in [2.05, 4.69) is 37.2 Å². The first-order chi connectivity index (χ1) is 8.86. The van der Waals surface area contributed by atoms with Crippen LogP contribution in [0.2, 0.25) is 0 Å². The topological polar surface area (TPSA) is 53.1 Å².